The lowest BCUT2D eigenvalue weighted by atomic mass is 9.78. The first-order valence-corrected chi connectivity index (χ1v) is 9.91. The first-order chi connectivity index (χ1) is 9.67. The van der Waals surface area contributed by atoms with E-state index < -0.39 is 19.0 Å². The van der Waals surface area contributed by atoms with Crippen molar-refractivity contribution in [2.24, 2.45) is 11.8 Å². The molecule has 4 nitrogen and oxygen atoms in total. The Balaban J connectivity index is 2.05. The summed E-state index contributed by atoms with van der Waals surface area (Å²) in [4.78, 5) is 10.3. The van der Waals surface area contributed by atoms with Gasteiger partial charge < -0.3 is 4.89 Å². The molecule has 2 fully saturated rings. The van der Waals surface area contributed by atoms with E-state index in [1.54, 1.807) is 0 Å². The molecule has 2 aliphatic carbocycles. The normalized spacial score (nSPS) is 44.2. The second kappa shape index (κ2) is 6.31. The van der Waals surface area contributed by atoms with Gasteiger partial charge in [0.05, 0.1) is 11.2 Å². The van der Waals surface area contributed by atoms with Gasteiger partial charge >= 0.3 is 7.82 Å². The van der Waals surface area contributed by atoms with Crippen LogP contribution in [-0.4, -0.2) is 16.1 Å². The number of hydrogen-bond donors (Lipinski definition) is 1. The van der Waals surface area contributed by atoms with Gasteiger partial charge in [0.1, 0.15) is 0 Å². The van der Waals surface area contributed by atoms with Crippen LogP contribution in [-0.2, 0) is 13.6 Å². The first kappa shape index (κ1) is 17.5. The molecule has 0 aliphatic heterocycles. The summed E-state index contributed by atoms with van der Waals surface area (Å²) >= 11 is 0. The Morgan fingerprint density at radius 2 is 1.29 bits per heavy atom. The Morgan fingerprint density at radius 1 is 0.905 bits per heavy atom. The molecule has 0 aromatic heterocycles. The molecule has 1 N–H and O–H groups in total. The van der Waals surface area contributed by atoms with Gasteiger partial charge in [-0.05, 0) is 51.4 Å². The largest absolute Gasteiger partial charge is 0.473 e. The summed E-state index contributed by atoms with van der Waals surface area (Å²) in [5, 5.41) is 0. The van der Waals surface area contributed by atoms with Crippen LogP contribution >= 0.6 is 7.82 Å². The van der Waals surface area contributed by atoms with E-state index in [4.69, 9.17) is 9.05 Å². The molecule has 0 saturated heterocycles. The molecular formula is C16H31O4P. The highest BCUT2D eigenvalue weighted by Gasteiger charge is 2.46. The molecule has 124 valence electrons. The van der Waals surface area contributed by atoms with E-state index in [1.165, 1.54) is 12.8 Å². The number of rotatable bonds is 4. The fourth-order valence-corrected chi connectivity index (χ4v) is 5.41. The van der Waals surface area contributed by atoms with E-state index >= 15 is 0 Å². The monoisotopic (exact) mass is 318 g/mol. The zero-order valence-electron chi connectivity index (χ0n) is 13.9. The molecular weight excluding hydrogens is 287 g/mol. The van der Waals surface area contributed by atoms with Crippen molar-refractivity contribution in [1.82, 2.24) is 0 Å². The molecule has 0 aromatic carbocycles. The molecule has 4 atom stereocenters. The van der Waals surface area contributed by atoms with Crippen molar-refractivity contribution in [2.75, 3.05) is 0 Å². The van der Waals surface area contributed by atoms with Crippen LogP contribution in [0.3, 0.4) is 0 Å². The van der Waals surface area contributed by atoms with Crippen molar-refractivity contribution in [3.63, 3.8) is 0 Å². The van der Waals surface area contributed by atoms with E-state index in [2.05, 4.69) is 13.8 Å². The average Bonchev–Trinajstić information content (AvgIpc) is 2.35. The second-order valence-corrected chi connectivity index (χ2v) is 8.87. The lowest BCUT2D eigenvalue weighted by Crippen LogP contribution is -2.41. The van der Waals surface area contributed by atoms with Gasteiger partial charge in [-0.1, -0.05) is 39.5 Å². The van der Waals surface area contributed by atoms with E-state index in [1.807, 2.05) is 13.8 Å². The lowest BCUT2D eigenvalue weighted by Gasteiger charge is -2.43. The molecule has 0 radical (unpaired) electrons. The molecule has 0 bridgehead atoms. The molecule has 0 spiro atoms. The van der Waals surface area contributed by atoms with Gasteiger partial charge in [0.15, 0.2) is 0 Å². The van der Waals surface area contributed by atoms with Gasteiger partial charge in [0.25, 0.3) is 0 Å². The fourth-order valence-electron chi connectivity index (χ4n) is 3.77. The summed E-state index contributed by atoms with van der Waals surface area (Å²) in [6.45, 7) is 8.11. The Labute approximate surface area is 129 Å². The van der Waals surface area contributed by atoms with Crippen molar-refractivity contribution >= 4 is 7.82 Å². The van der Waals surface area contributed by atoms with E-state index in [0.717, 1.165) is 38.5 Å². The van der Waals surface area contributed by atoms with Gasteiger partial charge in [-0.25, -0.2) is 4.57 Å². The van der Waals surface area contributed by atoms with Crippen LogP contribution in [0.5, 0.6) is 0 Å². The number of phosphoric ester groups is 1. The molecule has 21 heavy (non-hydrogen) atoms. The van der Waals surface area contributed by atoms with Crippen LogP contribution in [0.1, 0.15) is 79.1 Å². The fraction of sp³-hybridized carbons (Fsp3) is 1.00. The molecule has 4 unspecified atom stereocenters. The quantitative estimate of drug-likeness (QED) is 0.736. The standard InChI is InChI=1S/C16H31O4P/c1-13-9-5-7-11-15(13,3)19-21(17,18)20-16(4)12-8-6-10-14(16)2/h13-14H,5-12H2,1-4H3,(H,17,18). The zero-order valence-corrected chi connectivity index (χ0v) is 14.8. The van der Waals surface area contributed by atoms with Crippen LogP contribution < -0.4 is 0 Å². The summed E-state index contributed by atoms with van der Waals surface area (Å²) in [6.07, 6.45) is 8.19. The summed E-state index contributed by atoms with van der Waals surface area (Å²) in [5.41, 5.74) is -1.09. The maximum Gasteiger partial charge on any atom is 0.473 e. The predicted octanol–water partition coefficient (Wildman–Crippen LogP) is 5.06. The maximum absolute atomic E-state index is 12.6. The van der Waals surface area contributed by atoms with Crippen LogP contribution in [0.15, 0.2) is 0 Å². The Bertz CT molecular complexity index is 379. The third kappa shape index (κ3) is 4.10. The van der Waals surface area contributed by atoms with E-state index in [-0.39, 0.29) is 11.8 Å². The van der Waals surface area contributed by atoms with Crippen LogP contribution in [0.4, 0.5) is 0 Å². The minimum atomic E-state index is -4.03. The lowest BCUT2D eigenvalue weighted by molar-refractivity contribution is -0.0729. The van der Waals surface area contributed by atoms with Gasteiger partial charge in [0, 0.05) is 0 Å². The Hall–Kier alpha value is 0.110. The molecule has 2 rings (SSSR count). The van der Waals surface area contributed by atoms with Gasteiger partial charge in [0.2, 0.25) is 0 Å². The molecule has 2 saturated carbocycles. The van der Waals surface area contributed by atoms with Crippen LogP contribution in [0, 0.1) is 11.8 Å². The van der Waals surface area contributed by atoms with E-state index in [0.29, 0.717) is 0 Å². The Morgan fingerprint density at radius 3 is 1.62 bits per heavy atom. The minimum absolute atomic E-state index is 0.284. The van der Waals surface area contributed by atoms with Gasteiger partial charge in [-0.15, -0.1) is 0 Å². The summed E-state index contributed by atoms with van der Waals surface area (Å²) < 4.78 is 23.9. The van der Waals surface area contributed by atoms with Crippen LogP contribution in [0.25, 0.3) is 0 Å². The highest BCUT2D eigenvalue weighted by Crippen LogP contribution is 2.57. The smallest absolute Gasteiger partial charge is 0.302 e. The molecule has 0 amide bonds. The first-order valence-electron chi connectivity index (χ1n) is 8.41. The average molecular weight is 318 g/mol. The van der Waals surface area contributed by atoms with Crippen molar-refractivity contribution in [2.45, 2.75) is 90.3 Å². The predicted molar refractivity (Wildman–Crippen MR) is 84.1 cm³/mol. The van der Waals surface area contributed by atoms with E-state index in [9.17, 15) is 9.46 Å². The SMILES string of the molecule is CC1CCCCC1(C)OP(=O)(O)OC1(C)CCCCC1C. The van der Waals surface area contributed by atoms with Gasteiger partial charge in [-0.3, -0.25) is 9.05 Å². The highest BCUT2D eigenvalue weighted by atomic mass is 31.2. The highest BCUT2D eigenvalue weighted by molar-refractivity contribution is 7.47. The summed E-state index contributed by atoms with van der Waals surface area (Å²) in [6, 6.07) is 0. The number of hydrogen-bond acceptors (Lipinski definition) is 3. The minimum Gasteiger partial charge on any atom is -0.302 e. The van der Waals surface area contributed by atoms with Gasteiger partial charge in [-0.2, -0.15) is 0 Å². The van der Waals surface area contributed by atoms with Crippen molar-refractivity contribution < 1.29 is 18.5 Å². The maximum atomic E-state index is 12.6. The topological polar surface area (TPSA) is 55.8 Å². The Kier molecular flexibility index (Phi) is 5.25. The third-order valence-electron chi connectivity index (χ3n) is 5.85. The van der Waals surface area contributed by atoms with Crippen molar-refractivity contribution in [3.05, 3.63) is 0 Å². The van der Waals surface area contributed by atoms with Crippen molar-refractivity contribution in [3.8, 4) is 0 Å². The zero-order chi connectivity index (χ0) is 15.7. The number of phosphoric acid groups is 1. The summed E-state index contributed by atoms with van der Waals surface area (Å²) in [7, 11) is -4.03. The molecule has 2 aliphatic rings. The third-order valence-corrected chi connectivity index (χ3v) is 7.15. The summed E-state index contributed by atoms with van der Waals surface area (Å²) in [5.74, 6) is 0.568. The van der Waals surface area contributed by atoms with Crippen LogP contribution in [0.2, 0.25) is 0 Å². The second-order valence-electron chi connectivity index (χ2n) is 7.57. The van der Waals surface area contributed by atoms with Crippen molar-refractivity contribution in [1.29, 1.82) is 0 Å². The molecule has 0 heterocycles. The molecule has 5 heteroatoms. The molecule has 0 aromatic rings.